The summed E-state index contributed by atoms with van der Waals surface area (Å²) in [6.07, 6.45) is -7.09. The minimum atomic E-state index is -1.57. The molecule has 1 saturated heterocycles. The molecule has 9 nitrogen and oxygen atoms in total. The number of rotatable bonds is 5. The van der Waals surface area contributed by atoms with Crippen molar-refractivity contribution in [2.45, 2.75) is 36.7 Å². The molecule has 0 aromatic heterocycles. The summed E-state index contributed by atoms with van der Waals surface area (Å²) in [5.41, 5.74) is 5.19. The summed E-state index contributed by atoms with van der Waals surface area (Å²) >= 11 is 0. The van der Waals surface area contributed by atoms with E-state index >= 15 is 0 Å². The number of carbonyl (C=O) groups is 1. The fourth-order valence-corrected chi connectivity index (χ4v) is 1.47. The lowest BCUT2D eigenvalue weighted by molar-refractivity contribution is -0.301. The Morgan fingerprint density at radius 2 is 1.89 bits per heavy atom. The first-order valence-electron chi connectivity index (χ1n) is 5.29. The van der Waals surface area contributed by atoms with Crippen LogP contribution >= 0.6 is 0 Å². The monoisotopic (exact) mass is 267 g/mol. The first kappa shape index (κ1) is 15.2. The SMILES string of the molecule is NC(COC1OC(CO)C(O)C(O)C1O)C(=O)O. The van der Waals surface area contributed by atoms with Crippen molar-refractivity contribution in [1.82, 2.24) is 0 Å². The zero-order valence-corrected chi connectivity index (χ0v) is 9.42. The van der Waals surface area contributed by atoms with Gasteiger partial charge in [-0.25, -0.2) is 0 Å². The maximum atomic E-state index is 10.5. The van der Waals surface area contributed by atoms with Crippen LogP contribution in [0.15, 0.2) is 0 Å². The molecule has 1 rings (SSSR count). The Kier molecular flexibility index (Phi) is 5.41. The number of carboxylic acid groups (broad SMARTS) is 1. The fraction of sp³-hybridized carbons (Fsp3) is 0.889. The number of hydrogen-bond donors (Lipinski definition) is 6. The molecule has 0 aliphatic carbocycles. The molecule has 1 heterocycles. The molecule has 18 heavy (non-hydrogen) atoms. The molecule has 6 atom stereocenters. The van der Waals surface area contributed by atoms with Gasteiger partial charge in [-0.3, -0.25) is 4.79 Å². The third kappa shape index (κ3) is 3.36. The largest absolute Gasteiger partial charge is 0.480 e. The molecule has 0 spiro atoms. The summed E-state index contributed by atoms with van der Waals surface area (Å²) in [5.74, 6) is -1.29. The highest BCUT2D eigenvalue weighted by molar-refractivity contribution is 5.73. The Morgan fingerprint density at radius 1 is 1.28 bits per heavy atom. The van der Waals surface area contributed by atoms with E-state index in [1.165, 1.54) is 0 Å². The number of nitrogens with two attached hydrogens (primary N) is 1. The smallest absolute Gasteiger partial charge is 0.322 e. The first-order chi connectivity index (χ1) is 8.38. The highest BCUT2D eigenvalue weighted by atomic mass is 16.7. The molecule has 7 N–H and O–H groups in total. The van der Waals surface area contributed by atoms with Crippen molar-refractivity contribution in [1.29, 1.82) is 0 Å². The zero-order valence-electron chi connectivity index (χ0n) is 9.42. The van der Waals surface area contributed by atoms with Gasteiger partial charge < -0.3 is 40.7 Å². The van der Waals surface area contributed by atoms with E-state index in [2.05, 4.69) is 0 Å². The molecule has 1 fully saturated rings. The van der Waals surface area contributed by atoms with Crippen LogP contribution in [0.4, 0.5) is 0 Å². The Morgan fingerprint density at radius 3 is 2.39 bits per heavy atom. The molecule has 0 radical (unpaired) electrons. The molecule has 106 valence electrons. The third-order valence-electron chi connectivity index (χ3n) is 2.61. The van der Waals surface area contributed by atoms with Crippen molar-refractivity contribution in [2.24, 2.45) is 5.73 Å². The lowest BCUT2D eigenvalue weighted by Gasteiger charge is -2.39. The number of aliphatic hydroxyl groups excluding tert-OH is 4. The second-order valence-corrected chi connectivity index (χ2v) is 3.98. The molecule has 6 unspecified atom stereocenters. The van der Waals surface area contributed by atoms with E-state index < -0.39 is 55.9 Å². The third-order valence-corrected chi connectivity index (χ3v) is 2.61. The second-order valence-electron chi connectivity index (χ2n) is 3.98. The van der Waals surface area contributed by atoms with Crippen LogP contribution in [0, 0.1) is 0 Å². The van der Waals surface area contributed by atoms with E-state index in [0.29, 0.717) is 0 Å². The first-order valence-corrected chi connectivity index (χ1v) is 5.29. The fourth-order valence-electron chi connectivity index (χ4n) is 1.47. The van der Waals surface area contributed by atoms with E-state index in [1.54, 1.807) is 0 Å². The van der Waals surface area contributed by atoms with Crippen molar-refractivity contribution in [3.63, 3.8) is 0 Å². The van der Waals surface area contributed by atoms with Gasteiger partial charge in [-0.15, -0.1) is 0 Å². The predicted molar refractivity (Wildman–Crippen MR) is 55.3 cm³/mol. The molecule has 1 aliphatic rings. The van der Waals surface area contributed by atoms with Crippen molar-refractivity contribution in [3.8, 4) is 0 Å². The number of aliphatic carboxylic acids is 1. The van der Waals surface area contributed by atoms with E-state index in [0.717, 1.165) is 0 Å². The summed E-state index contributed by atoms with van der Waals surface area (Å²) in [7, 11) is 0. The van der Waals surface area contributed by atoms with Gasteiger partial charge in [0.05, 0.1) is 13.2 Å². The molecule has 1 aliphatic heterocycles. The average Bonchev–Trinajstić information content (AvgIpc) is 2.34. The van der Waals surface area contributed by atoms with Crippen LogP contribution < -0.4 is 5.73 Å². The summed E-state index contributed by atoms with van der Waals surface area (Å²) in [6.45, 7) is -1.03. The molecular weight excluding hydrogens is 250 g/mol. The number of hydrogen-bond acceptors (Lipinski definition) is 8. The number of aliphatic hydroxyl groups is 4. The normalized spacial score (nSPS) is 38.4. The van der Waals surface area contributed by atoms with Gasteiger partial charge in [0.2, 0.25) is 0 Å². The van der Waals surface area contributed by atoms with Gasteiger partial charge in [-0.05, 0) is 0 Å². The average molecular weight is 267 g/mol. The van der Waals surface area contributed by atoms with Crippen LogP contribution in [0.5, 0.6) is 0 Å². The highest BCUT2D eigenvalue weighted by Crippen LogP contribution is 2.21. The van der Waals surface area contributed by atoms with Gasteiger partial charge >= 0.3 is 5.97 Å². The van der Waals surface area contributed by atoms with Crippen LogP contribution in [-0.4, -0.2) is 81.5 Å². The van der Waals surface area contributed by atoms with E-state index in [9.17, 15) is 20.1 Å². The van der Waals surface area contributed by atoms with Crippen molar-refractivity contribution in [2.75, 3.05) is 13.2 Å². The lowest BCUT2D eigenvalue weighted by atomic mass is 9.99. The standard InChI is InChI=1S/C9H17NO8/c10-3(8(15)16)2-17-9-7(14)6(13)5(12)4(1-11)18-9/h3-7,9,11-14H,1-2,10H2,(H,15,16). The van der Waals surface area contributed by atoms with Gasteiger partial charge in [0.15, 0.2) is 6.29 Å². The molecule has 0 bridgehead atoms. The van der Waals surface area contributed by atoms with Crippen LogP contribution in [0.25, 0.3) is 0 Å². The summed E-state index contributed by atoms with van der Waals surface area (Å²) < 4.78 is 9.89. The van der Waals surface area contributed by atoms with Crippen molar-refractivity contribution in [3.05, 3.63) is 0 Å². The number of carboxylic acids is 1. The lowest BCUT2D eigenvalue weighted by Crippen LogP contribution is -2.59. The van der Waals surface area contributed by atoms with Gasteiger partial charge in [-0.1, -0.05) is 0 Å². The molecular formula is C9H17NO8. The van der Waals surface area contributed by atoms with Gasteiger partial charge in [0.1, 0.15) is 30.5 Å². The molecule has 0 saturated carbocycles. The molecule has 0 aromatic carbocycles. The summed E-state index contributed by atoms with van der Waals surface area (Å²) in [6, 6.07) is -1.31. The summed E-state index contributed by atoms with van der Waals surface area (Å²) in [4.78, 5) is 10.5. The van der Waals surface area contributed by atoms with Gasteiger partial charge in [-0.2, -0.15) is 0 Å². The Hall–Kier alpha value is -0.810. The predicted octanol–water partition coefficient (Wildman–Crippen LogP) is -3.79. The van der Waals surface area contributed by atoms with Gasteiger partial charge in [0, 0.05) is 0 Å². The highest BCUT2D eigenvalue weighted by Gasteiger charge is 2.44. The minimum Gasteiger partial charge on any atom is -0.480 e. The van der Waals surface area contributed by atoms with E-state index in [-0.39, 0.29) is 0 Å². The van der Waals surface area contributed by atoms with E-state index in [4.69, 9.17) is 25.4 Å². The molecule has 9 heteroatoms. The minimum absolute atomic E-state index is 0.446. The van der Waals surface area contributed by atoms with Gasteiger partial charge in [0.25, 0.3) is 0 Å². The van der Waals surface area contributed by atoms with E-state index in [1.807, 2.05) is 0 Å². The zero-order chi connectivity index (χ0) is 13.9. The maximum Gasteiger partial charge on any atom is 0.322 e. The molecule has 0 aromatic rings. The number of ether oxygens (including phenoxy) is 2. The Labute approximate surface area is 102 Å². The van der Waals surface area contributed by atoms with Crippen molar-refractivity contribution < 1.29 is 39.8 Å². The Balaban J connectivity index is 2.56. The molecule has 0 amide bonds. The van der Waals surface area contributed by atoms with Crippen LogP contribution in [0.1, 0.15) is 0 Å². The maximum absolute atomic E-state index is 10.5. The summed E-state index contributed by atoms with van der Waals surface area (Å²) in [5, 5.41) is 45.9. The van der Waals surface area contributed by atoms with Crippen LogP contribution in [0.3, 0.4) is 0 Å². The quantitative estimate of drug-likeness (QED) is 0.293. The Bertz CT molecular complexity index is 286. The topological polar surface area (TPSA) is 163 Å². The second kappa shape index (κ2) is 6.38. The van der Waals surface area contributed by atoms with Crippen molar-refractivity contribution >= 4 is 5.97 Å². The van der Waals surface area contributed by atoms with Crippen LogP contribution in [-0.2, 0) is 14.3 Å². The van der Waals surface area contributed by atoms with Crippen LogP contribution in [0.2, 0.25) is 0 Å².